The van der Waals surface area contributed by atoms with Crippen molar-refractivity contribution in [2.24, 2.45) is 0 Å². The number of nitrogens with zero attached hydrogens (tertiary/aromatic N) is 2. The minimum Gasteiger partial charge on any atom is -0.290 e. The van der Waals surface area contributed by atoms with Gasteiger partial charge in [-0.15, -0.1) is 0 Å². The summed E-state index contributed by atoms with van der Waals surface area (Å²) in [7, 11) is 0. The lowest BCUT2D eigenvalue weighted by atomic mass is 10.1. The van der Waals surface area contributed by atoms with E-state index < -0.39 is 5.82 Å². The normalized spacial score (nSPS) is 11.2. The largest absolute Gasteiger partial charge is 0.327 e. The molecule has 0 amide bonds. The van der Waals surface area contributed by atoms with Crippen molar-refractivity contribution in [2.45, 2.75) is 6.54 Å². The first-order valence-corrected chi connectivity index (χ1v) is 8.17. The molecule has 130 valence electrons. The van der Waals surface area contributed by atoms with Crippen LogP contribution in [0, 0.1) is 11.6 Å². The second kappa shape index (κ2) is 6.38. The fourth-order valence-electron chi connectivity index (χ4n) is 2.80. The number of aromatic amines is 1. The van der Waals surface area contributed by atoms with Crippen LogP contribution in [0.15, 0.2) is 59.5 Å². The zero-order valence-electron chi connectivity index (χ0n) is 13.3. The number of hydrogen-bond acceptors (Lipinski definition) is 2. The molecule has 4 nitrogen and oxygen atoms in total. The number of hydrogen-bond donors (Lipinski definition) is 1. The van der Waals surface area contributed by atoms with Crippen LogP contribution in [0.2, 0.25) is 5.02 Å². The molecule has 0 saturated carbocycles. The quantitative estimate of drug-likeness (QED) is 0.581. The van der Waals surface area contributed by atoms with E-state index in [1.165, 1.54) is 28.8 Å². The van der Waals surface area contributed by atoms with Crippen LogP contribution < -0.4 is 5.69 Å². The Morgan fingerprint density at radius 1 is 1.04 bits per heavy atom. The van der Waals surface area contributed by atoms with Crippen LogP contribution in [0.4, 0.5) is 8.78 Å². The molecule has 0 aliphatic carbocycles. The predicted octanol–water partition coefficient (Wildman–Crippen LogP) is 4.37. The van der Waals surface area contributed by atoms with Crippen molar-refractivity contribution in [2.75, 3.05) is 0 Å². The Kier molecular flexibility index (Phi) is 4.05. The highest BCUT2D eigenvalue weighted by atomic mass is 35.5. The molecule has 0 spiro atoms. The minimum atomic E-state index is -0.501. The van der Waals surface area contributed by atoms with Gasteiger partial charge in [-0.3, -0.25) is 9.55 Å². The van der Waals surface area contributed by atoms with E-state index in [0.29, 0.717) is 22.3 Å². The topological polar surface area (TPSA) is 50.7 Å². The molecule has 26 heavy (non-hydrogen) atoms. The summed E-state index contributed by atoms with van der Waals surface area (Å²) >= 11 is 5.85. The average Bonchev–Trinajstić information content (AvgIpc) is 2.94. The summed E-state index contributed by atoms with van der Waals surface area (Å²) in [5, 5.41) is 0.0142. The molecule has 0 saturated heterocycles. The smallest absolute Gasteiger partial charge is 0.290 e. The third-order valence-corrected chi connectivity index (χ3v) is 4.43. The van der Waals surface area contributed by atoms with Gasteiger partial charge in [-0.2, -0.15) is 0 Å². The van der Waals surface area contributed by atoms with E-state index in [9.17, 15) is 13.6 Å². The first-order valence-electron chi connectivity index (χ1n) is 7.80. The number of fused-ring (bicyclic) bond motifs is 1. The molecule has 1 N–H and O–H groups in total. The number of pyridine rings is 1. The molecule has 2 aromatic carbocycles. The van der Waals surface area contributed by atoms with Crippen molar-refractivity contribution in [3.63, 3.8) is 0 Å². The molecule has 7 heteroatoms. The van der Waals surface area contributed by atoms with Crippen molar-refractivity contribution >= 4 is 22.8 Å². The Balaban J connectivity index is 1.80. The van der Waals surface area contributed by atoms with Gasteiger partial charge in [-0.1, -0.05) is 29.8 Å². The van der Waals surface area contributed by atoms with E-state index in [0.717, 1.165) is 5.56 Å². The zero-order valence-corrected chi connectivity index (χ0v) is 14.1. The summed E-state index contributed by atoms with van der Waals surface area (Å²) < 4.78 is 28.0. The number of aromatic nitrogens is 3. The summed E-state index contributed by atoms with van der Waals surface area (Å²) in [6.45, 7) is 0.272. The summed E-state index contributed by atoms with van der Waals surface area (Å²) in [5.74, 6) is -0.837. The number of nitrogens with one attached hydrogen (secondary N) is 1. The van der Waals surface area contributed by atoms with Crippen molar-refractivity contribution in [3.05, 3.63) is 87.4 Å². The first-order chi connectivity index (χ1) is 12.5. The van der Waals surface area contributed by atoms with Crippen molar-refractivity contribution < 1.29 is 8.78 Å². The number of H-pyrrole nitrogens is 1. The van der Waals surface area contributed by atoms with Crippen molar-refractivity contribution in [1.29, 1.82) is 0 Å². The molecular weight excluding hydrogens is 360 g/mol. The first kappa shape index (κ1) is 16.5. The van der Waals surface area contributed by atoms with Gasteiger partial charge in [-0.05, 0) is 41.5 Å². The summed E-state index contributed by atoms with van der Waals surface area (Å²) in [6.07, 6.45) is 1.59. The molecule has 0 unspecified atom stereocenters. The third-order valence-electron chi connectivity index (χ3n) is 4.14. The van der Waals surface area contributed by atoms with E-state index >= 15 is 0 Å². The van der Waals surface area contributed by atoms with Crippen LogP contribution in [0.25, 0.3) is 22.3 Å². The summed E-state index contributed by atoms with van der Waals surface area (Å²) in [5.41, 5.74) is 2.89. The number of imidazole rings is 1. The van der Waals surface area contributed by atoms with Crippen LogP contribution >= 0.6 is 11.6 Å². The van der Waals surface area contributed by atoms with Gasteiger partial charge >= 0.3 is 5.69 Å². The maximum atomic E-state index is 13.4. The molecule has 0 atom stereocenters. The molecular formula is C19H12ClF2N3O. The maximum Gasteiger partial charge on any atom is 0.327 e. The second-order valence-corrected chi connectivity index (χ2v) is 6.27. The highest BCUT2D eigenvalue weighted by Gasteiger charge is 2.11. The highest BCUT2D eigenvalue weighted by molar-refractivity contribution is 6.31. The minimum absolute atomic E-state index is 0.0142. The second-order valence-electron chi connectivity index (χ2n) is 5.86. The van der Waals surface area contributed by atoms with Crippen molar-refractivity contribution in [3.8, 4) is 11.1 Å². The van der Waals surface area contributed by atoms with E-state index in [1.54, 1.807) is 30.5 Å². The molecule has 0 bridgehead atoms. The fourth-order valence-corrected chi connectivity index (χ4v) is 2.98. The molecule has 0 aliphatic heterocycles. The van der Waals surface area contributed by atoms with Gasteiger partial charge in [0.15, 0.2) is 5.65 Å². The fraction of sp³-hybridized carbons (Fsp3) is 0.0526. The van der Waals surface area contributed by atoms with Crippen LogP contribution in [0.3, 0.4) is 0 Å². The van der Waals surface area contributed by atoms with Gasteiger partial charge in [0.05, 0.1) is 17.1 Å². The zero-order chi connectivity index (χ0) is 18.3. The maximum absolute atomic E-state index is 13.4. The number of halogens is 3. The summed E-state index contributed by atoms with van der Waals surface area (Å²) in [6, 6.07) is 12.1. The average molecular weight is 372 g/mol. The van der Waals surface area contributed by atoms with Crippen molar-refractivity contribution in [1.82, 2.24) is 14.5 Å². The molecule has 4 aromatic rings. The Hall–Kier alpha value is -2.99. The SMILES string of the molecule is O=c1[nH]c2ncc(-c3ccc(F)c(Cl)c3)cc2n1Cc1ccc(F)cc1. The van der Waals surface area contributed by atoms with E-state index in [1.807, 2.05) is 0 Å². The Bertz CT molecular complexity index is 1170. The Morgan fingerprint density at radius 3 is 2.54 bits per heavy atom. The van der Waals surface area contributed by atoms with Crippen LogP contribution in [0.1, 0.15) is 5.56 Å². The Labute approximate surface area is 151 Å². The lowest BCUT2D eigenvalue weighted by Crippen LogP contribution is -2.17. The molecule has 0 aliphatic rings. The van der Waals surface area contributed by atoms with Gasteiger partial charge in [0.1, 0.15) is 11.6 Å². The highest BCUT2D eigenvalue weighted by Crippen LogP contribution is 2.26. The van der Waals surface area contributed by atoms with E-state index in [-0.39, 0.29) is 23.1 Å². The molecule has 0 fully saturated rings. The lowest BCUT2D eigenvalue weighted by Gasteiger charge is -2.06. The monoisotopic (exact) mass is 371 g/mol. The Morgan fingerprint density at radius 2 is 1.81 bits per heavy atom. The molecule has 4 rings (SSSR count). The van der Waals surface area contributed by atoms with Crippen LogP contribution in [-0.2, 0) is 6.54 Å². The predicted molar refractivity (Wildman–Crippen MR) is 96.3 cm³/mol. The van der Waals surface area contributed by atoms with Gasteiger partial charge < -0.3 is 0 Å². The van der Waals surface area contributed by atoms with Gasteiger partial charge in [0.25, 0.3) is 0 Å². The van der Waals surface area contributed by atoms with Gasteiger partial charge in [0.2, 0.25) is 0 Å². The molecule has 0 radical (unpaired) electrons. The van der Waals surface area contributed by atoms with E-state index in [2.05, 4.69) is 9.97 Å². The molecule has 2 aromatic heterocycles. The number of rotatable bonds is 3. The standard InChI is InChI=1S/C19H12ClF2N3O/c20-15-7-12(3-6-16(15)22)13-8-17-18(23-9-13)24-19(26)25(17)10-11-1-4-14(21)5-2-11/h1-9H,10H2,(H,23,24,26). The van der Waals surface area contributed by atoms with E-state index in [4.69, 9.17) is 11.6 Å². The third kappa shape index (κ3) is 2.99. The van der Waals surface area contributed by atoms with Crippen LogP contribution in [0.5, 0.6) is 0 Å². The lowest BCUT2D eigenvalue weighted by molar-refractivity contribution is 0.626. The van der Waals surface area contributed by atoms with Gasteiger partial charge in [-0.25, -0.2) is 18.6 Å². The summed E-state index contributed by atoms with van der Waals surface area (Å²) in [4.78, 5) is 19.2. The number of benzene rings is 2. The van der Waals surface area contributed by atoms with Gasteiger partial charge in [0, 0.05) is 11.8 Å². The van der Waals surface area contributed by atoms with Crippen LogP contribution in [-0.4, -0.2) is 14.5 Å². The molecule has 2 heterocycles.